The molecule has 1 saturated heterocycles. The summed E-state index contributed by atoms with van der Waals surface area (Å²) in [7, 11) is -3.16. The van der Waals surface area contributed by atoms with E-state index in [0.29, 0.717) is 38.2 Å². The number of hydrogen-bond donors (Lipinski definition) is 1. The molecule has 1 aromatic heterocycles. The van der Waals surface area contributed by atoms with E-state index >= 15 is 0 Å². The van der Waals surface area contributed by atoms with Gasteiger partial charge in [-0.2, -0.15) is 9.40 Å². The number of carbonyl (C=O) groups is 1. The van der Waals surface area contributed by atoms with Crippen LogP contribution in [0.15, 0.2) is 12.4 Å². The molecule has 2 rings (SSSR count). The van der Waals surface area contributed by atoms with E-state index in [1.807, 2.05) is 6.92 Å². The smallest absolute Gasteiger partial charge is 0.257 e. The highest BCUT2D eigenvalue weighted by molar-refractivity contribution is 7.89. The van der Waals surface area contributed by atoms with Crippen LogP contribution >= 0.6 is 0 Å². The van der Waals surface area contributed by atoms with Gasteiger partial charge >= 0.3 is 0 Å². The largest absolute Gasteiger partial charge is 0.336 e. The number of sulfonamides is 1. The van der Waals surface area contributed by atoms with Crippen LogP contribution in [0.3, 0.4) is 0 Å². The van der Waals surface area contributed by atoms with Crippen molar-refractivity contribution in [1.82, 2.24) is 19.4 Å². The van der Waals surface area contributed by atoms with Gasteiger partial charge in [0.2, 0.25) is 10.0 Å². The van der Waals surface area contributed by atoms with Crippen molar-refractivity contribution < 1.29 is 13.2 Å². The average molecular weight is 286 g/mol. The number of nitrogens with one attached hydrogen (secondary N) is 1. The molecule has 1 aliphatic heterocycles. The van der Waals surface area contributed by atoms with Crippen molar-refractivity contribution in [2.24, 2.45) is 0 Å². The Morgan fingerprint density at radius 1 is 1.37 bits per heavy atom. The van der Waals surface area contributed by atoms with E-state index in [2.05, 4.69) is 10.2 Å². The van der Waals surface area contributed by atoms with Gasteiger partial charge in [-0.3, -0.25) is 9.89 Å². The van der Waals surface area contributed by atoms with Crippen LogP contribution in [0.25, 0.3) is 0 Å². The molecular weight excluding hydrogens is 268 g/mol. The summed E-state index contributed by atoms with van der Waals surface area (Å²) in [5.74, 6) is 0.0594. The van der Waals surface area contributed by atoms with Gasteiger partial charge in [0.15, 0.2) is 0 Å². The quantitative estimate of drug-likeness (QED) is 0.838. The molecule has 8 heteroatoms. The third kappa shape index (κ3) is 3.13. The minimum absolute atomic E-state index is 0.110. The van der Waals surface area contributed by atoms with E-state index in [0.717, 1.165) is 0 Å². The molecule has 1 aromatic rings. The summed E-state index contributed by atoms with van der Waals surface area (Å²) in [5, 5.41) is 6.33. The molecule has 7 nitrogen and oxygen atoms in total. The Hall–Kier alpha value is -1.41. The highest BCUT2D eigenvalue weighted by Crippen LogP contribution is 2.11. The molecule has 0 aromatic carbocycles. The summed E-state index contributed by atoms with van der Waals surface area (Å²) in [4.78, 5) is 13.7. The van der Waals surface area contributed by atoms with Crippen molar-refractivity contribution in [2.75, 3.05) is 31.9 Å². The van der Waals surface area contributed by atoms with Crippen LogP contribution in [0.2, 0.25) is 0 Å². The first-order valence-electron chi connectivity index (χ1n) is 6.30. The predicted octanol–water partition coefficient (Wildman–Crippen LogP) is -0.0927. The molecule has 1 fully saturated rings. The number of carbonyl (C=O) groups excluding carboxylic acids is 1. The third-order valence-corrected chi connectivity index (χ3v) is 5.20. The van der Waals surface area contributed by atoms with Gasteiger partial charge in [-0.15, -0.1) is 0 Å². The van der Waals surface area contributed by atoms with Crippen molar-refractivity contribution in [3.63, 3.8) is 0 Å². The number of rotatable bonds is 4. The predicted molar refractivity (Wildman–Crippen MR) is 70.1 cm³/mol. The first-order valence-corrected chi connectivity index (χ1v) is 7.91. The molecule has 19 heavy (non-hydrogen) atoms. The van der Waals surface area contributed by atoms with Crippen LogP contribution in [0.4, 0.5) is 0 Å². The Bertz CT molecular complexity index is 518. The molecule has 0 unspecified atom stereocenters. The lowest BCUT2D eigenvalue weighted by Crippen LogP contribution is -2.50. The van der Waals surface area contributed by atoms with Crippen LogP contribution < -0.4 is 0 Å². The van der Waals surface area contributed by atoms with Crippen molar-refractivity contribution >= 4 is 15.9 Å². The Kier molecular flexibility index (Phi) is 4.20. The van der Waals surface area contributed by atoms with Crippen molar-refractivity contribution in [3.05, 3.63) is 18.0 Å². The van der Waals surface area contributed by atoms with E-state index < -0.39 is 10.0 Å². The molecule has 2 heterocycles. The summed E-state index contributed by atoms with van der Waals surface area (Å²) >= 11 is 0. The number of hydrogen-bond acceptors (Lipinski definition) is 4. The van der Waals surface area contributed by atoms with E-state index in [1.165, 1.54) is 10.5 Å². The zero-order valence-corrected chi connectivity index (χ0v) is 11.7. The SMILES string of the molecule is CCCS(=O)(=O)N1CCN(C(=O)c2cn[nH]c2)CC1. The third-order valence-electron chi connectivity index (χ3n) is 3.13. The average Bonchev–Trinajstić information content (AvgIpc) is 2.92. The fraction of sp³-hybridized carbons (Fsp3) is 0.636. The lowest BCUT2D eigenvalue weighted by atomic mass is 10.2. The summed E-state index contributed by atoms with van der Waals surface area (Å²) in [6.07, 6.45) is 3.63. The second-order valence-electron chi connectivity index (χ2n) is 4.49. The normalized spacial score (nSPS) is 17.6. The van der Waals surface area contributed by atoms with Crippen LogP contribution in [0, 0.1) is 0 Å². The zero-order chi connectivity index (χ0) is 13.9. The van der Waals surface area contributed by atoms with Gasteiger partial charge in [0.25, 0.3) is 5.91 Å². The van der Waals surface area contributed by atoms with Gasteiger partial charge in [0, 0.05) is 32.4 Å². The molecule has 1 aliphatic rings. The van der Waals surface area contributed by atoms with Gasteiger partial charge in [-0.1, -0.05) is 6.92 Å². The van der Waals surface area contributed by atoms with E-state index in [9.17, 15) is 13.2 Å². The van der Waals surface area contributed by atoms with Crippen LogP contribution in [-0.2, 0) is 10.0 Å². The van der Waals surface area contributed by atoms with Crippen LogP contribution in [-0.4, -0.2) is 65.7 Å². The second kappa shape index (κ2) is 5.70. The number of H-pyrrole nitrogens is 1. The van der Waals surface area contributed by atoms with Gasteiger partial charge in [0.05, 0.1) is 17.5 Å². The van der Waals surface area contributed by atoms with Gasteiger partial charge in [-0.25, -0.2) is 8.42 Å². The van der Waals surface area contributed by atoms with Gasteiger partial charge in [-0.05, 0) is 6.42 Å². The highest BCUT2D eigenvalue weighted by atomic mass is 32.2. The van der Waals surface area contributed by atoms with Gasteiger partial charge in [0.1, 0.15) is 0 Å². The number of piperazine rings is 1. The molecule has 106 valence electrons. The van der Waals surface area contributed by atoms with Gasteiger partial charge < -0.3 is 4.90 Å². The molecule has 0 spiro atoms. The Morgan fingerprint density at radius 3 is 2.58 bits per heavy atom. The van der Waals surface area contributed by atoms with E-state index in [4.69, 9.17) is 0 Å². The fourth-order valence-corrected chi connectivity index (χ4v) is 3.60. The highest BCUT2D eigenvalue weighted by Gasteiger charge is 2.28. The van der Waals surface area contributed by atoms with Crippen LogP contribution in [0.5, 0.6) is 0 Å². The summed E-state index contributed by atoms with van der Waals surface area (Å²) < 4.78 is 25.3. The first-order chi connectivity index (χ1) is 9.04. The molecule has 0 aliphatic carbocycles. The Morgan fingerprint density at radius 2 is 2.05 bits per heavy atom. The lowest BCUT2D eigenvalue weighted by Gasteiger charge is -2.33. The molecule has 0 saturated carbocycles. The molecule has 0 bridgehead atoms. The van der Waals surface area contributed by atoms with E-state index in [1.54, 1.807) is 11.1 Å². The molecule has 0 radical (unpaired) electrons. The number of nitrogens with zero attached hydrogens (tertiary/aromatic N) is 3. The molecule has 1 amide bonds. The molecule has 0 atom stereocenters. The molecule has 1 N–H and O–H groups in total. The minimum Gasteiger partial charge on any atom is -0.336 e. The number of amides is 1. The number of aromatic nitrogens is 2. The standard InChI is InChI=1S/C11H18N4O3S/c1-2-7-19(17,18)15-5-3-14(4-6-15)11(16)10-8-12-13-9-10/h8-9H,2-7H2,1H3,(H,12,13). The van der Waals surface area contributed by atoms with Crippen LogP contribution in [0.1, 0.15) is 23.7 Å². The lowest BCUT2D eigenvalue weighted by molar-refractivity contribution is 0.0698. The minimum atomic E-state index is -3.16. The summed E-state index contributed by atoms with van der Waals surface area (Å²) in [6.45, 7) is 3.42. The van der Waals surface area contributed by atoms with Crippen molar-refractivity contribution in [1.29, 1.82) is 0 Å². The van der Waals surface area contributed by atoms with E-state index in [-0.39, 0.29) is 11.7 Å². The summed E-state index contributed by atoms with van der Waals surface area (Å²) in [5.41, 5.74) is 0.505. The Balaban J connectivity index is 1.94. The maximum atomic E-state index is 12.0. The number of aromatic amines is 1. The fourth-order valence-electron chi connectivity index (χ4n) is 2.11. The van der Waals surface area contributed by atoms with Crippen molar-refractivity contribution in [2.45, 2.75) is 13.3 Å². The maximum Gasteiger partial charge on any atom is 0.257 e. The monoisotopic (exact) mass is 286 g/mol. The zero-order valence-electron chi connectivity index (χ0n) is 10.9. The molecular formula is C11H18N4O3S. The Labute approximate surface area is 112 Å². The van der Waals surface area contributed by atoms with Crippen molar-refractivity contribution in [3.8, 4) is 0 Å². The maximum absolute atomic E-state index is 12.0. The topological polar surface area (TPSA) is 86.4 Å². The first kappa shape index (κ1) is 14.0. The summed E-state index contributed by atoms with van der Waals surface area (Å²) in [6, 6.07) is 0. The second-order valence-corrected chi connectivity index (χ2v) is 6.58.